The van der Waals surface area contributed by atoms with Crippen molar-refractivity contribution in [3.8, 4) is 45.0 Å². The van der Waals surface area contributed by atoms with Gasteiger partial charge in [-0.1, -0.05) is 106 Å². The Morgan fingerprint density at radius 3 is 1.53 bits per heavy atom. The van der Waals surface area contributed by atoms with Crippen molar-refractivity contribution in [2.75, 3.05) is 0 Å². The number of nitrogens with zero attached hydrogens (tertiary/aromatic N) is 4. The van der Waals surface area contributed by atoms with Crippen LogP contribution in [-0.2, 0) is 65.7 Å². The summed E-state index contributed by atoms with van der Waals surface area (Å²) in [6.07, 6.45) is 7.33. The first-order chi connectivity index (χ1) is 30.7. The van der Waals surface area contributed by atoms with Crippen LogP contribution in [0.3, 0.4) is 0 Å². The number of pyridine rings is 4. The second-order valence-corrected chi connectivity index (χ2v) is 16.2. The summed E-state index contributed by atoms with van der Waals surface area (Å²) in [5, 5.41) is 2.28. The quantitative estimate of drug-likeness (QED) is 0.161. The van der Waals surface area contributed by atoms with Gasteiger partial charge in [-0.05, 0) is 75.9 Å². The number of hydrogen-bond acceptors (Lipinski definition) is 5. The zero-order valence-electron chi connectivity index (χ0n) is 37.7. The molecule has 5 aromatic heterocycles. The summed E-state index contributed by atoms with van der Waals surface area (Å²) in [6, 6.07) is 66.8. The van der Waals surface area contributed by atoms with Gasteiger partial charge in [0.2, 0.25) is 0 Å². The average Bonchev–Trinajstić information content (AvgIpc) is 3.73. The topological polar surface area (TPSA) is 64.7 Å². The van der Waals surface area contributed by atoms with E-state index in [0.29, 0.717) is 5.92 Å². The number of aromatic nitrogens is 4. The van der Waals surface area contributed by atoms with Crippen molar-refractivity contribution in [3.63, 3.8) is 0 Å². The smallest absolute Gasteiger partial charge is 0.124 e. The van der Waals surface area contributed by atoms with Gasteiger partial charge in [0.15, 0.2) is 0 Å². The van der Waals surface area contributed by atoms with Crippen LogP contribution in [0.4, 0.5) is 0 Å². The van der Waals surface area contributed by atoms with Crippen molar-refractivity contribution < 1.29 is 64.7 Å². The number of rotatable bonds is 5. The molecule has 0 N–H and O–H groups in total. The van der Waals surface area contributed by atoms with Gasteiger partial charge < -0.3 is 24.4 Å². The Balaban J connectivity index is 0.000000195. The van der Waals surface area contributed by atoms with E-state index >= 15 is 0 Å². The van der Waals surface area contributed by atoms with Crippen molar-refractivity contribution in [2.24, 2.45) is 0 Å². The minimum absolute atomic E-state index is 0. The average molecular weight is 1400 g/mol. The Bertz CT molecular complexity index is 2900. The molecule has 0 spiro atoms. The van der Waals surface area contributed by atoms with Crippen molar-refractivity contribution in [2.45, 2.75) is 52.9 Å². The third-order valence-corrected chi connectivity index (χ3v) is 10.2. The maximum atomic E-state index is 6.26. The van der Waals surface area contributed by atoms with Gasteiger partial charge in [0.05, 0.1) is 5.58 Å². The molecule has 66 heavy (non-hydrogen) atoms. The first kappa shape index (κ1) is 53.1. The third kappa shape index (κ3) is 14.2. The molecule has 0 saturated carbocycles. The number of para-hydroxylation sites is 1. The number of benzene rings is 5. The predicted octanol–water partition coefficient (Wildman–Crippen LogP) is 14.8. The predicted molar refractivity (Wildman–Crippen MR) is 259 cm³/mol. The Hall–Kier alpha value is -5.55. The molecule has 0 fully saturated rings. The fourth-order valence-electron chi connectivity index (χ4n) is 6.79. The normalized spacial score (nSPS) is 10.3. The van der Waals surface area contributed by atoms with Crippen LogP contribution in [-0.4, -0.2) is 19.9 Å². The molecule has 10 aromatic rings. The van der Waals surface area contributed by atoms with E-state index in [1.54, 1.807) is 12.4 Å². The van der Waals surface area contributed by atoms with Gasteiger partial charge in [-0.15, -0.1) is 126 Å². The summed E-state index contributed by atoms with van der Waals surface area (Å²) in [5.74, 6) is 0.423. The van der Waals surface area contributed by atoms with Gasteiger partial charge in [-0.3, -0.25) is 0 Å². The van der Waals surface area contributed by atoms with E-state index in [-0.39, 0.29) is 65.7 Å². The van der Waals surface area contributed by atoms with Gasteiger partial charge in [0.25, 0.3) is 0 Å². The second-order valence-electron chi connectivity index (χ2n) is 16.2. The maximum absolute atomic E-state index is 6.26. The Morgan fingerprint density at radius 1 is 0.470 bits per heavy atom. The molecule has 339 valence electrons. The van der Waals surface area contributed by atoms with Crippen LogP contribution in [0.25, 0.3) is 67.0 Å². The number of aryl methyl sites for hydroxylation is 1. The van der Waals surface area contributed by atoms with Crippen molar-refractivity contribution in [1.82, 2.24) is 19.9 Å². The van der Waals surface area contributed by atoms with E-state index in [1.165, 1.54) is 16.7 Å². The zero-order valence-corrected chi connectivity index (χ0v) is 44.9. The Labute approximate surface area is 430 Å². The fourth-order valence-corrected chi connectivity index (χ4v) is 6.79. The van der Waals surface area contributed by atoms with E-state index in [4.69, 9.17) is 4.42 Å². The summed E-state index contributed by atoms with van der Waals surface area (Å²) in [5.41, 5.74) is 13.6. The first-order valence-corrected chi connectivity index (χ1v) is 21.1. The van der Waals surface area contributed by atoms with Crippen molar-refractivity contribution in [1.29, 1.82) is 0 Å². The van der Waals surface area contributed by atoms with Crippen LogP contribution in [0.1, 0.15) is 57.2 Å². The minimum Gasteiger partial charge on any atom is -0.500 e. The molecule has 0 aliphatic rings. The monoisotopic (exact) mass is 1400 g/mol. The second kappa shape index (κ2) is 26.0. The van der Waals surface area contributed by atoms with Crippen molar-refractivity contribution in [3.05, 3.63) is 230 Å². The summed E-state index contributed by atoms with van der Waals surface area (Å²) < 4.78 is 6.26. The molecule has 0 unspecified atom stereocenters. The molecule has 0 amide bonds. The van der Waals surface area contributed by atoms with Gasteiger partial charge in [-0.25, -0.2) is 0 Å². The summed E-state index contributed by atoms with van der Waals surface area (Å²) in [6.45, 7) is 13.0. The van der Waals surface area contributed by atoms with Crippen LogP contribution in [0, 0.1) is 31.2 Å². The van der Waals surface area contributed by atoms with E-state index in [9.17, 15) is 0 Å². The molecule has 5 aromatic carbocycles. The molecule has 3 radical (unpaired) electrons. The van der Waals surface area contributed by atoms with E-state index < -0.39 is 0 Å². The fraction of sp³-hybridized carbons (Fsp3) is 0.138. The van der Waals surface area contributed by atoms with E-state index in [2.05, 4.69) is 121 Å². The summed E-state index contributed by atoms with van der Waals surface area (Å²) in [7, 11) is 0. The Morgan fingerprint density at radius 2 is 1.02 bits per heavy atom. The van der Waals surface area contributed by atoms with E-state index in [1.807, 2.05) is 141 Å². The molecular weight excluding hydrogens is 1350 g/mol. The van der Waals surface area contributed by atoms with Gasteiger partial charge >= 0.3 is 0 Å². The van der Waals surface area contributed by atoms with Crippen LogP contribution in [0.5, 0.6) is 0 Å². The number of fused-ring (bicyclic) bond motifs is 3. The number of furan rings is 1. The van der Waals surface area contributed by atoms with Crippen molar-refractivity contribution >= 4 is 21.9 Å². The number of hydrogen-bond donors (Lipinski definition) is 0. The SMILES string of the molecule is CC(C)(C)c1ccnc(-c2[c-]cccc2)c1.CC(C)c1cccc2c1oc1c(-c3ccccn3)[c-]ccc12.Cc1ccc(-c2[c-]cccc2)nc1.[Ir].[Ir].[Ir].[c-]1ccccc1-c1ccccn1. The zero-order chi connectivity index (χ0) is 44.0. The molecule has 0 atom stereocenters. The minimum atomic E-state index is 0. The summed E-state index contributed by atoms with van der Waals surface area (Å²) in [4.78, 5) is 17.4. The van der Waals surface area contributed by atoms with Gasteiger partial charge in [0, 0.05) is 90.5 Å². The molecule has 5 nitrogen and oxygen atoms in total. The molecule has 0 aliphatic carbocycles. The molecule has 8 heteroatoms. The van der Waals surface area contributed by atoms with Crippen LogP contribution < -0.4 is 0 Å². The first-order valence-electron chi connectivity index (χ1n) is 21.1. The molecule has 10 rings (SSSR count). The standard InChI is InChI=1S/C20H16NO.C15H16N.C12H10N.C11H8N.3Ir/c1-13(2)14-7-5-8-15-16-9-6-10-17(20(16)22-19(14)15)18-11-3-4-12-21-18;1-15(2,3)13-9-10-16-14(11-13)12-7-5-4-6-8-12;1-10-7-8-12(13-9-10)11-5-3-2-4-6-11;1-2-6-10(7-3-1)11-8-4-5-9-12-11;;;/h3-9,11-13H,1-2H3;4-7,9-11H,1-3H3;2-5,7-9H,1H3;1-6,8-9H;;;/q4*-1;;;. The van der Waals surface area contributed by atoms with E-state index in [0.717, 1.165) is 67.0 Å². The largest absolute Gasteiger partial charge is 0.500 e. The maximum Gasteiger partial charge on any atom is 0.124 e. The van der Waals surface area contributed by atoms with Gasteiger partial charge in [0.1, 0.15) is 5.58 Å². The van der Waals surface area contributed by atoms with Crippen LogP contribution >= 0.6 is 0 Å². The molecule has 5 heterocycles. The molecular formula is C58H50Ir3N4O-4. The Kier molecular flexibility index (Phi) is 20.9. The van der Waals surface area contributed by atoms with Gasteiger partial charge in [-0.2, -0.15) is 0 Å². The molecule has 0 saturated heterocycles. The molecule has 0 aliphatic heterocycles. The van der Waals surface area contributed by atoms with Crippen LogP contribution in [0.2, 0.25) is 0 Å². The third-order valence-electron chi connectivity index (χ3n) is 10.2. The molecule has 0 bridgehead atoms. The summed E-state index contributed by atoms with van der Waals surface area (Å²) >= 11 is 0. The van der Waals surface area contributed by atoms with Crippen LogP contribution in [0.15, 0.2) is 193 Å².